The number of nitrogens with zero attached hydrogens (tertiary/aromatic N) is 4. The molecular formula is C20H44N8Si. The third-order valence-electron chi connectivity index (χ3n) is 8.35. The van der Waals surface area contributed by atoms with Crippen molar-refractivity contribution in [1.29, 1.82) is 0 Å². The van der Waals surface area contributed by atoms with E-state index in [0.717, 1.165) is 78.5 Å². The summed E-state index contributed by atoms with van der Waals surface area (Å²) in [6.45, 7) is 13.7. The van der Waals surface area contributed by atoms with Gasteiger partial charge in [-0.2, -0.15) is 0 Å². The summed E-state index contributed by atoms with van der Waals surface area (Å²) in [4.78, 5) is 10.9. The number of nitrogens with one attached hydrogen (secondary N) is 4. The first-order chi connectivity index (χ1) is 14.1. The Morgan fingerprint density at radius 1 is 0.483 bits per heavy atom. The van der Waals surface area contributed by atoms with Crippen LogP contribution in [0.25, 0.3) is 0 Å². The van der Waals surface area contributed by atoms with Crippen molar-refractivity contribution in [2.24, 2.45) is 0 Å². The van der Waals surface area contributed by atoms with Gasteiger partial charge in [-0.05, 0) is 28.2 Å². The van der Waals surface area contributed by atoms with Crippen LogP contribution in [0.3, 0.4) is 0 Å². The van der Waals surface area contributed by atoms with Crippen molar-refractivity contribution in [3.05, 3.63) is 0 Å². The van der Waals surface area contributed by atoms with Gasteiger partial charge in [0.25, 0.3) is 0 Å². The van der Waals surface area contributed by atoms with Crippen LogP contribution < -0.4 is 21.3 Å². The quantitative estimate of drug-likeness (QED) is 0.361. The Hall–Kier alpha value is -0.103. The summed E-state index contributed by atoms with van der Waals surface area (Å²) in [5, 5.41) is 15.2. The molecule has 4 saturated heterocycles. The Bertz CT molecular complexity index is 443. The molecular weight excluding hydrogens is 380 g/mol. The zero-order chi connectivity index (χ0) is 20.4. The largest absolute Gasteiger partial charge is 0.314 e. The van der Waals surface area contributed by atoms with Crippen LogP contribution in [0.4, 0.5) is 0 Å². The summed E-state index contributed by atoms with van der Waals surface area (Å²) in [7, 11) is 7.60. The van der Waals surface area contributed by atoms with Crippen molar-refractivity contribution < 1.29 is 0 Å². The van der Waals surface area contributed by atoms with Gasteiger partial charge < -0.3 is 40.9 Å². The van der Waals surface area contributed by atoms with Crippen LogP contribution in [0, 0.1) is 0 Å². The van der Waals surface area contributed by atoms with Crippen molar-refractivity contribution in [3.63, 3.8) is 0 Å². The van der Waals surface area contributed by atoms with E-state index in [1.165, 1.54) is 0 Å². The minimum Gasteiger partial charge on any atom is -0.314 e. The van der Waals surface area contributed by atoms with E-state index in [1.807, 2.05) is 0 Å². The van der Waals surface area contributed by atoms with E-state index < -0.39 is 8.07 Å². The highest BCUT2D eigenvalue weighted by molar-refractivity contribution is 6.86. The number of piperazine rings is 4. The number of hydrogen-bond donors (Lipinski definition) is 4. The minimum atomic E-state index is -1.99. The Labute approximate surface area is 178 Å². The first-order valence-electron chi connectivity index (χ1n) is 11.7. The third-order valence-corrected chi connectivity index (χ3v) is 15.5. The lowest BCUT2D eigenvalue weighted by Gasteiger charge is -2.63. The lowest BCUT2D eigenvalue weighted by Crippen LogP contribution is -2.89. The summed E-state index contributed by atoms with van der Waals surface area (Å²) in [6, 6.07) is 0. The number of rotatable bonds is 4. The maximum atomic E-state index is 3.81. The van der Waals surface area contributed by atoms with E-state index >= 15 is 0 Å². The van der Waals surface area contributed by atoms with Gasteiger partial charge in [0.2, 0.25) is 0 Å². The van der Waals surface area contributed by atoms with Gasteiger partial charge in [0.1, 0.15) is 8.07 Å². The molecule has 0 aromatic rings. The maximum Gasteiger partial charge on any atom is 0.133 e. The standard InChI is InChI=1S/C20H44N8Si/c1-25-9-5-21-13-17(25)29(18-14-22-6-10-26(18)2,19-15-23-7-11-27(19)3)20-16-24-8-12-28(20)4/h17-24H,5-16H2,1-4H3. The molecule has 4 heterocycles. The van der Waals surface area contributed by atoms with Crippen LogP contribution >= 0.6 is 0 Å². The van der Waals surface area contributed by atoms with Gasteiger partial charge in [-0.25, -0.2) is 0 Å². The van der Waals surface area contributed by atoms with Crippen molar-refractivity contribution in [2.45, 2.75) is 22.7 Å². The van der Waals surface area contributed by atoms with E-state index in [2.05, 4.69) is 69.1 Å². The van der Waals surface area contributed by atoms with E-state index in [9.17, 15) is 0 Å². The predicted octanol–water partition coefficient (Wildman–Crippen LogP) is -2.79. The molecule has 0 aliphatic carbocycles. The minimum absolute atomic E-state index is 0.642. The molecule has 0 spiro atoms. The molecule has 168 valence electrons. The zero-order valence-corrected chi connectivity index (χ0v) is 20.1. The summed E-state index contributed by atoms with van der Waals surface area (Å²) >= 11 is 0. The molecule has 0 aromatic heterocycles. The predicted molar refractivity (Wildman–Crippen MR) is 123 cm³/mol. The van der Waals surface area contributed by atoms with Crippen LogP contribution in [-0.4, -0.2) is 157 Å². The van der Waals surface area contributed by atoms with Crippen molar-refractivity contribution in [3.8, 4) is 0 Å². The van der Waals surface area contributed by atoms with E-state index in [0.29, 0.717) is 22.7 Å². The monoisotopic (exact) mass is 424 g/mol. The molecule has 0 bridgehead atoms. The highest BCUT2D eigenvalue weighted by Gasteiger charge is 2.62. The molecule has 4 atom stereocenters. The first kappa shape index (κ1) is 22.1. The Kier molecular flexibility index (Phi) is 7.30. The van der Waals surface area contributed by atoms with Crippen molar-refractivity contribution >= 4 is 8.07 Å². The second-order valence-corrected chi connectivity index (χ2v) is 14.5. The van der Waals surface area contributed by atoms with Gasteiger partial charge in [-0.15, -0.1) is 0 Å². The van der Waals surface area contributed by atoms with Crippen molar-refractivity contribution in [1.82, 2.24) is 40.9 Å². The lowest BCUT2D eigenvalue weighted by atomic mass is 10.3. The molecule has 4 aliphatic heterocycles. The molecule has 8 nitrogen and oxygen atoms in total. The average Bonchev–Trinajstić information content (AvgIpc) is 2.73. The smallest absolute Gasteiger partial charge is 0.133 e. The van der Waals surface area contributed by atoms with Crippen LogP contribution in [0.2, 0.25) is 0 Å². The van der Waals surface area contributed by atoms with Gasteiger partial charge in [-0.3, -0.25) is 0 Å². The molecule has 29 heavy (non-hydrogen) atoms. The zero-order valence-electron chi connectivity index (χ0n) is 19.1. The summed E-state index contributed by atoms with van der Waals surface area (Å²) in [5.41, 5.74) is 2.57. The fraction of sp³-hybridized carbons (Fsp3) is 1.00. The maximum absolute atomic E-state index is 3.81. The molecule has 0 aromatic carbocycles. The van der Waals surface area contributed by atoms with Gasteiger partial charge in [0.15, 0.2) is 0 Å². The molecule has 0 saturated carbocycles. The highest BCUT2D eigenvalue weighted by Crippen LogP contribution is 2.35. The summed E-state index contributed by atoms with van der Waals surface area (Å²) in [6.07, 6.45) is 0. The SMILES string of the molecule is CN1CCNCC1[Si](C1CNCCN1C)(C1CNCCN1C)C1CNCCN1C. The summed E-state index contributed by atoms with van der Waals surface area (Å²) in [5.74, 6) is 0. The molecule has 9 heteroatoms. The van der Waals surface area contributed by atoms with Gasteiger partial charge in [0.05, 0.1) is 0 Å². The van der Waals surface area contributed by atoms with Crippen LogP contribution in [0.1, 0.15) is 0 Å². The van der Waals surface area contributed by atoms with Gasteiger partial charge in [-0.1, -0.05) is 0 Å². The van der Waals surface area contributed by atoms with Crippen LogP contribution in [0.5, 0.6) is 0 Å². The topological polar surface area (TPSA) is 61.1 Å². The molecule has 4 fully saturated rings. The van der Waals surface area contributed by atoms with Gasteiger partial charge in [0, 0.05) is 101 Å². The molecule has 0 amide bonds. The number of hydrogen-bond acceptors (Lipinski definition) is 8. The van der Waals surface area contributed by atoms with E-state index in [-0.39, 0.29) is 0 Å². The molecule has 4 unspecified atom stereocenters. The van der Waals surface area contributed by atoms with Crippen molar-refractivity contribution in [2.75, 3.05) is 107 Å². The first-order valence-corrected chi connectivity index (χ1v) is 14.0. The second kappa shape index (κ2) is 9.58. The second-order valence-electron chi connectivity index (χ2n) is 9.80. The van der Waals surface area contributed by atoms with E-state index in [4.69, 9.17) is 0 Å². The molecule has 0 radical (unpaired) electrons. The fourth-order valence-electron chi connectivity index (χ4n) is 6.79. The van der Waals surface area contributed by atoms with Crippen LogP contribution in [-0.2, 0) is 0 Å². The Morgan fingerprint density at radius 3 is 0.931 bits per heavy atom. The highest BCUT2D eigenvalue weighted by atomic mass is 28.3. The normalized spacial score (nSPS) is 39.3. The number of likely N-dealkylation sites (N-methyl/N-ethyl adjacent to an activating group) is 4. The third kappa shape index (κ3) is 4.06. The molecule has 4 aliphatic rings. The van der Waals surface area contributed by atoms with Gasteiger partial charge >= 0.3 is 0 Å². The Morgan fingerprint density at radius 2 is 0.724 bits per heavy atom. The fourth-order valence-corrected chi connectivity index (χ4v) is 15.0. The lowest BCUT2D eigenvalue weighted by molar-refractivity contribution is 0.155. The summed E-state index contributed by atoms with van der Waals surface area (Å²) < 4.78 is 0. The van der Waals surface area contributed by atoms with E-state index in [1.54, 1.807) is 0 Å². The molecule has 4 rings (SSSR count). The molecule has 4 N–H and O–H groups in total. The van der Waals surface area contributed by atoms with Crippen LogP contribution in [0.15, 0.2) is 0 Å². The Balaban J connectivity index is 1.85. The average molecular weight is 425 g/mol.